The molecule has 1 atom stereocenters. The van der Waals surface area contributed by atoms with Gasteiger partial charge in [-0.05, 0) is 50.5 Å². The predicted molar refractivity (Wildman–Crippen MR) is 85.4 cm³/mol. The van der Waals surface area contributed by atoms with Crippen molar-refractivity contribution in [1.29, 1.82) is 0 Å². The summed E-state index contributed by atoms with van der Waals surface area (Å²) in [5, 5.41) is 0. The first kappa shape index (κ1) is 21.1. The molecule has 0 bridgehead atoms. The Morgan fingerprint density at radius 3 is 1.85 bits per heavy atom. The standard InChI is InChI=1S/C16H14F6NO3P/c1-23(2)27(24,25-12-9-7-11(8-10-12)15(17,18)19)26-14-6-4-3-5-13(14)16(20,21)22/h3-10H,1-2H3. The van der Waals surface area contributed by atoms with Crippen LogP contribution in [0.5, 0.6) is 11.5 Å². The van der Waals surface area contributed by atoms with E-state index in [1.165, 1.54) is 20.2 Å². The second kappa shape index (κ2) is 7.44. The molecule has 0 saturated heterocycles. The quantitative estimate of drug-likeness (QED) is 0.455. The molecular formula is C16H14F6NO3P. The van der Waals surface area contributed by atoms with Crippen LogP contribution >= 0.6 is 7.75 Å². The molecule has 4 nitrogen and oxygen atoms in total. The van der Waals surface area contributed by atoms with Gasteiger partial charge in [0.2, 0.25) is 0 Å². The molecule has 0 spiro atoms. The van der Waals surface area contributed by atoms with Gasteiger partial charge in [0.05, 0.1) is 11.1 Å². The average Bonchev–Trinajstić information content (AvgIpc) is 2.53. The maximum absolute atomic E-state index is 13.1. The number of para-hydroxylation sites is 1. The first-order valence-corrected chi connectivity index (χ1v) is 8.83. The van der Waals surface area contributed by atoms with Crippen molar-refractivity contribution in [2.24, 2.45) is 0 Å². The zero-order chi connectivity index (χ0) is 20.5. The predicted octanol–water partition coefficient (Wildman–Crippen LogP) is 5.85. The average molecular weight is 413 g/mol. The van der Waals surface area contributed by atoms with Gasteiger partial charge in [0.15, 0.2) is 0 Å². The fourth-order valence-electron chi connectivity index (χ4n) is 1.92. The normalized spacial score (nSPS) is 14.7. The Labute approximate surface area is 150 Å². The lowest BCUT2D eigenvalue weighted by Gasteiger charge is -2.25. The smallest absolute Gasteiger partial charge is 0.404 e. The molecule has 1 unspecified atom stereocenters. The summed E-state index contributed by atoms with van der Waals surface area (Å²) in [7, 11) is -1.86. The fourth-order valence-corrected chi connectivity index (χ4v) is 3.08. The summed E-state index contributed by atoms with van der Waals surface area (Å²) in [6.45, 7) is 0. The molecule has 2 aromatic rings. The van der Waals surface area contributed by atoms with Gasteiger partial charge in [-0.15, -0.1) is 0 Å². The largest absolute Gasteiger partial charge is 0.515 e. The number of nitrogens with zero attached hydrogens (tertiary/aromatic N) is 1. The van der Waals surface area contributed by atoms with Crippen LogP contribution in [-0.4, -0.2) is 18.8 Å². The molecule has 0 fully saturated rings. The molecule has 0 N–H and O–H groups in total. The molecule has 0 saturated carbocycles. The molecule has 148 valence electrons. The Morgan fingerprint density at radius 1 is 0.815 bits per heavy atom. The van der Waals surface area contributed by atoms with E-state index in [2.05, 4.69) is 0 Å². The zero-order valence-corrected chi connectivity index (χ0v) is 14.9. The Morgan fingerprint density at radius 2 is 1.37 bits per heavy atom. The van der Waals surface area contributed by atoms with Crippen LogP contribution in [-0.2, 0) is 16.9 Å². The van der Waals surface area contributed by atoms with Gasteiger partial charge < -0.3 is 9.05 Å². The van der Waals surface area contributed by atoms with Gasteiger partial charge >= 0.3 is 20.1 Å². The van der Waals surface area contributed by atoms with E-state index in [1.54, 1.807) is 0 Å². The van der Waals surface area contributed by atoms with Crippen LogP contribution in [0.15, 0.2) is 48.5 Å². The number of halogens is 6. The summed E-state index contributed by atoms with van der Waals surface area (Å²) in [5.74, 6) is -0.988. The van der Waals surface area contributed by atoms with Crippen molar-refractivity contribution in [2.45, 2.75) is 12.4 Å². The molecule has 27 heavy (non-hydrogen) atoms. The molecule has 0 aromatic heterocycles. The highest BCUT2D eigenvalue weighted by Crippen LogP contribution is 2.52. The molecule has 0 radical (unpaired) electrons. The molecular weight excluding hydrogens is 399 g/mol. The van der Waals surface area contributed by atoms with E-state index in [0.717, 1.165) is 35.0 Å². The van der Waals surface area contributed by atoms with Crippen molar-refractivity contribution < 1.29 is 40.0 Å². The SMILES string of the molecule is CN(C)P(=O)(Oc1ccc(C(F)(F)F)cc1)Oc1ccccc1C(F)(F)F. The van der Waals surface area contributed by atoms with Crippen LogP contribution in [0, 0.1) is 0 Å². The minimum Gasteiger partial charge on any atom is -0.404 e. The van der Waals surface area contributed by atoms with E-state index >= 15 is 0 Å². The van der Waals surface area contributed by atoms with Crippen molar-refractivity contribution >= 4 is 7.75 Å². The highest BCUT2D eigenvalue weighted by Gasteiger charge is 2.39. The van der Waals surface area contributed by atoms with Gasteiger partial charge in [0.25, 0.3) is 0 Å². The topological polar surface area (TPSA) is 38.8 Å². The Balaban J connectivity index is 2.33. The highest BCUT2D eigenvalue weighted by atomic mass is 31.2. The highest BCUT2D eigenvalue weighted by molar-refractivity contribution is 7.52. The number of rotatable bonds is 5. The van der Waals surface area contributed by atoms with Crippen LogP contribution in [0.4, 0.5) is 26.3 Å². The van der Waals surface area contributed by atoms with Crippen molar-refractivity contribution in [3.8, 4) is 11.5 Å². The Hall–Kier alpha value is -2.19. The van der Waals surface area contributed by atoms with E-state index < -0.39 is 37.0 Å². The molecule has 2 aromatic carbocycles. The van der Waals surface area contributed by atoms with Crippen LogP contribution in [0.3, 0.4) is 0 Å². The third kappa shape index (κ3) is 5.17. The van der Waals surface area contributed by atoms with Crippen LogP contribution in [0.1, 0.15) is 11.1 Å². The van der Waals surface area contributed by atoms with Crippen LogP contribution in [0.2, 0.25) is 0 Å². The Kier molecular flexibility index (Phi) is 5.82. The van der Waals surface area contributed by atoms with Gasteiger partial charge in [-0.2, -0.15) is 31.0 Å². The maximum Gasteiger partial charge on any atom is 0.515 e. The zero-order valence-electron chi connectivity index (χ0n) is 14.0. The summed E-state index contributed by atoms with van der Waals surface area (Å²) in [5.41, 5.74) is -2.12. The third-order valence-corrected chi connectivity index (χ3v) is 5.15. The summed E-state index contributed by atoms with van der Waals surface area (Å²) < 4.78 is 101. The molecule has 0 amide bonds. The lowest BCUT2D eigenvalue weighted by molar-refractivity contribution is -0.138. The first-order chi connectivity index (χ1) is 12.3. The summed E-state index contributed by atoms with van der Waals surface area (Å²) >= 11 is 0. The van der Waals surface area contributed by atoms with Gasteiger partial charge in [-0.3, -0.25) is 0 Å². The molecule has 0 aliphatic carbocycles. The third-order valence-electron chi connectivity index (χ3n) is 3.30. The number of hydrogen-bond acceptors (Lipinski definition) is 3. The Bertz CT molecular complexity index is 833. The van der Waals surface area contributed by atoms with E-state index in [0.29, 0.717) is 12.1 Å². The monoisotopic (exact) mass is 413 g/mol. The lowest BCUT2D eigenvalue weighted by Crippen LogP contribution is -2.19. The first-order valence-electron chi connectivity index (χ1n) is 7.33. The summed E-state index contributed by atoms with van der Waals surface area (Å²) in [4.78, 5) is 0. The van der Waals surface area contributed by atoms with E-state index in [1.807, 2.05) is 0 Å². The lowest BCUT2D eigenvalue weighted by atomic mass is 10.2. The molecule has 11 heteroatoms. The second-order valence-corrected chi connectivity index (χ2v) is 7.62. The summed E-state index contributed by atoms with van der Waals surface area (Å²) in [6.07, 6.45) is -9.34. The maximum atomic E-state index is 13.1. The number of alkyl halides is 6. The van der Waals surface area contributed by atoms with Gasteiger partial charge in [0, 0.05) is 0 Å². The van der Waals surface area contributed by atoms with Crippen LogP contribution in [0.25, 0.3) is 0 Å². The second-order valence-electron chi connectivity index (χ2n) is 5.51. The molecule has 2 rings (SSSR count). The molecule has 0 aliphatic rings. The molecule has 0 aliphatic heterocycles. The van der Waals surface area contributed by atoms with Crippen molar-refractivity contribution in [3.63, 3.8) is 0 Å². The molecule has 0 heterocycles. The number of hydrogen-bond donors (Lipinski definition) is 0. The van der Waals surface area contributed by atoms with E-state index in [4.69, 9.17) is 9.05 Å². The fraction of sp³-hybridized carbons (Fsp3) is 0.250. The van der Waals surface area contributed by atoms with Crippen molar-refractivity contribution in [1.82, 2.24) is 4.67 Å². The van der Waals surface area contributed by atoms with Crippen molar-refractivity contribution in [2.75, 3.05) is 14.1 Å². The van der Waals surface area contributed by atoms with Gasteiger partial charge in [-0.25, -0.2) is 4.57 Å². The summed E-state index contributed by atoms with van der Waals surface area (Å²) in [6, 6.07) is 7.28. The number of benzene rings is 2. The van der Waals surface area contributed by atoms with Crippen LogP contribution < -0.4 is 9.05 Å². The van der Waals surface area contributed by atoms with E-state index in [-0.39, 0.29) is 5.75 Å². The van der Waals surface area contributed by atoms with Gasteiger partial charge in [0.1, 0.15) is 11.5 Å². The van der Waals surface area contributed by atoms with Gasteiger partial charge in [-0.1, -0.05) is 12.1 Å². The minimum absolute atomic E-state index is 0.260. The van der Waals surface area contributed by atoms with E-state index in [9.17, 15) is 30.9 Å². The minimum atomic E-state index is -4.76. The van der Waals surface area contributed by atoms with Crippen molar-refractivity contribution in [3.05, 3.63) is 59.7 Å².